The average Bonchev–Trinajstić information content (AvgIpc) is 2.50. The number of halogens is 4. The number of hydrogen-bond acceptors (Lipinski definition) is 0. The number of aryl methyl sites for hydroxylation is 2. The molecule has 0 fully saturated rings. The van der Waals surface area contributed by atoms with Gasteiger partial charge in [-0.1, -0.05) is 29.8 Å². The molecule has 0 aliphatic heterocycles. The Morgan fingerprint density at radius 1 is 0.905 bits per heavy atom. The lowest BCUT2D eigenvalue weighted by Crippen LogP contribution is -2.05. The van der Waals surface area contributed by atoms with E-state index < -0.39 is 17.0 Å². The first kappa shape index (κ1) is 14.8. The van der Waals surface area contributed by atoms with Crippen LogP contribution in [0.5, 0.6) is 0 Å². The van der Waals surface area contributed by atoms with Crippen LogP contribution in [0.15, 0.2) is 30.3 Å². The highest BCUT2D eigenvalue weighted by Gasteiger charge is 2.19. The second kappa shape index (κ2) is 5.94. The summed E-state index contributed by atoms with van der Waals surface area (Å²) in [7, 11) is 0. The Hall–Kier alpha value is -1.12. The third kappa shape index (κ3) is 2.93. The number of hydrogen-bond donors (Lipinski definition) is 0. The van der Waals surface area contributed by atoms with Crippen molar-refractivity contribution in [1.29, 1.82) is 0 Å². The Morgan fingerprint density at radius 3 is 2.38 bits per heavy atom. The molecular formula is C17H14Cl2F2. The molecule has 0 amide bonds. The highest BCUT2D eigenvalue weighted by atomic mass is 35.5. The Balaban J connectivity index is 1.98. The summed E-state index contributed by atoms with van der Waals surface area (Å²) in [4.78, 5) is 0. The predicted octanol–water partition coefficient (Wildman–Crippen LogP) is 5.83. The van der Waals surface area contributed by atoms with Crippen LogP contribution in [-0.2, 0) is 12.8 Å². The van der Waals surface area contributed by atoms with Crippen LogP contribution in [0.2, 0.25) is 5.02 Å². The summed E-state index contributed by atoms with van der Waals surface area (Å²) in [5.74, 6) is -1.24. The van der Waals surface area contributed by atoms with E-state index in [-0.39, 0.29) is 10.6 Å². The van der Waals surface area contributed by atoms with Crippen molar-refractivity contribution >= 4 is 23.2 Å². The molecule has 1 atom stereocenters. The van der Waals surface area contributed by atoms with E-state index in [1.807, 2.05) is 18.2 Å². The van der Waals surface area contributed by atoms with E-state index in [1.165, 1.54) is 17.5 Å². The molecule has 21 heavy (non-hydrogen) atoms. The number of benzene rings is 2. The van der Waals surface area contributed by atoms with Gasteiger partial charge in [-0.15, -0.1) is 11.6 Å². The summed E-state index contributed by atoms with van der Waals surface area (Å²) in [5.41, 5.74) is 3.50. The summed E-state index contributed by atoms with van der Waals surface area (Å²) in [5, 5.41) is -0.949. The van der Waals surface area contributed by atoms with E-state index in [0.717, 1.165) is 37.0 Å². The van der Waals surface area contributed by atoms with Gasteiger partial charge >= 0.3 is 0 Å². The van der Waals surface area contributed by atoms with Gasteiger partial charge in [-0.3, -0.25) is 0 Å². The van der Waals surface area contributed by atoms with Crippen molar-refractivity contribution in [3.05, 3.63) is 69.2 Å². The molecule has 110 valence electrons. The fraction of sp³-hybridized carbons (Fsp3) is 0.294. The number of rotatable bonds is 2. The summed E-state index contributed by atoms with van der Waals surface area (Å²) < 4.78 is 27.5. The van der Waals surface area contributed by atoms with Crippen molar-refractivity contribution in [2.75, 3.05) is 0 Å². The van der Waals surface area contributed by atoms with Crippen molar-refractivity contribution in [3.63, 3.8) is 0 Å². The average molecular weight is 327 g/mol. The lowest BCUT2D eigenvalue weighted by molar-refractivity contribution is 0.587. The monoisotopic (exact) mass is 326 g/mol. The van der Waals surface area contributed by atoms with Gasteiger partial charge in [0.15, 0.2) is 0 Å². The second-order valence-electron chi connectivity index (χ2n) is 5.39. The quantitative estimate of drug-likeness (QED) is 0.481. The van der Waals surface area contributed by atoms with E-state index >= 15 is 0 Å². The maximum atomic E-state index is 14.0. The third-order valence-corrected chi connectivity index (χ3v) is 4.75. The molecule has 0 heterocycles. The van der Waals surface area contributed by atoms with Crippen LogP contribution in [0.4, 0.5) is 8.78 Å². The molecule has 0 N–H and O–H groups in total. The Labute approximate surface area is 132 Å². The minimum absolute atomic E-state index is 0.120. The molecule has 0 saturated heterocycles. The molecular weight excluding hydrogens is 313 g/mol. The normalized spacial score (nSPS) is 15.6. The van der Waals surface area contributed by atoms with Crippen LogP contribution in [0.1, 0.15) is 40.5 Å². The Bertz CT molecular complexity index is 683. The SMILES string of the molecule is Fc1cc(C(Cl)c2ccc3c(c2)CCCC3)c(F)cc1Cl. The Morgan fingerprint density at radius 2 is 1.62 bits per heavy atom. The lowest BCUT2D eigenvalue weighted by atomic mass is 9.89. The van der Waals surface area contributed by atoms with E-state index in [9.17, 15) is 8.78 Å². The van der Waals surface area contributed by atoms with Gasteiger partial charge in [0.25, 0.3) is 0 Å². The molecule has 0 saturated carbocycles. The first-order chi connectivity index (χ1) is 10.1. The molecule has 4 heteroatoms. The molecule has 0 radical (unpaired) electrons. The largest absolute Gasteiger partial charge is 0.207 e. The molecule has 0 spiro atoms. The molecule has 1 aliphatic rings. The van der Waals surface area contributed by atoms with Crippen LogP contribution in [0.3, 0.4) is 0 Å². The standard InChI is InChI=1S/C17H14Cl2F2/c18-14-9-15(20)13(8-16(14)21)17(19)12-6-5-10-3-1-2-4-11(10)7-12/h5-9,17H,1-4H2. The summed E-state index contributed by atoms with van der Waals surface area (Å²) in [6.07, 6.45) is 4.46. The van der Waals surface area contributed by atoms with Crippen LogP contribution in [0.25, 0.3) is 0 Å². The topological polar surface area (TPSA) is 0 Å². The summed E-state index contributed by atoms with van der Waals surface area (Å²) in [6, 6.07) is 8.00. The van der Waals surface area contributed by atoms with Gasteiger partial charge in [-0.25, -0.2) is 8.78 Å². The van der Waals surface area contributed by atoms with Crippen molar-refractivity contribution < 1.29 is 8.78 Å². The van der Waals surface area contributed by atoms with Gasteiger partial charge in [0.05, 0.1) is 10.4 Å². The van der Waals surface area contributed by atoms with Gasteiger partial charge in [0.2, 0.25) is 0 Å². The summed E-state index contributed by atoms with van der Waals surface area (Å²) in [6.45, 7) is 0. The zero-order valence-electron chi connectivity index (χ0n) is 11.3. The number of alkyl halides is 1. The number of fused-ring (bicyclic) bond motifs is 1. The van der Waals surface area contributed by atoms with Gasteiger partial charge < -0.3 is 0 Å². The van der Waals surface area contributed by atoms with Gasteiger partial charge in [0.1, 0.15) is 11.6 Å². The van der Waals surface area contributed by atoms with Crippen LogP contribution in [-0.4, -0.2) is 0 Å². The van der Waals surface area contributed by atoms with E-state index in [2.05, 4.69) is 0 Å². The predicted molar refractivity (Wildman–Crippen MR) is 82.1 cm³/mol. The lowest BCUT2D eigenvalue weighted by Gasteiger charge is -2.19. The summed E-state index contributed by atoms with van der Waals surface area (Å²) >= 11 is 11.9. The van der Waals surface area contributed by atoms with Gasteiger partial charge in [0, 0.05) is 5.56 Å². The zero-order valence-corrected chi connectivity index (χ0v) is 12.8. The maximum Gasteiger partial charge on any atom is 0.142 e. The Kier molecular flexibility index (Phi) is 4.19. The van der Waals surface area contributed by atoms with Crippen molar-refractivity contribution in [1.82, 2.24) is 0 Å². The molecule has 0 aromatic heterocycles. The van der Waals surface area contributed by atoms with Crippen molar-refractivity contribution in [2.45, 2.75) is 31.1 Å². The third-order valence-electron chi connectivity index (χ3n) is 3.98. The zero-order chi connectivity index (χ0) is 15.0. The van der Waals surface area contributed by atoms with E-state index in [1.54, 1.807) is 0 Å². The smallest absolute Gasteiger partial charge is 0.142 e. The molecule has 0 nitrogen and oxygen atoms in total. The van der Waals surface area contributed by atoms with Crippen molar-refractivity contribution in [3.8, 4) is 0 Å². The molecule has 2 aromatic rings. The molecule has 1 unspecified atom stereocenters. The van der Waals surface area contributed by atoms with Crippen LogP contribution in [0, 0.1) is 11.6 Å². The first-order valence-electron chi connectivity index (χ1n) is 6.96. The second-order valence-corrected chi connectivity index (χ2v) is 6.23. The fourth-order valence-corrected chi connectivity index (χ4v) is 3.28. The molecule has 3 rings (SSSR count). The van der Waals surface area contributed by atoms with Crippen molar-refractivity contribution in [2.24, 2.45) is 0 Å². The fourth-order valence-electron chi connectivity index (χ4n) is 2.82. The first-order valence-corrected chi connectivity index (χ1v) is 7.78. The minimum atomic E-state index is -0.719. The minimum Gasteiger partial charge on any atom is -0.207 e. The van der Waals surface area contributed by atoms with Gasteiger partial charge in [-0.05, 0) is 54.5 Å². The van der Waals surface area contributed by atoms with Crippen LogP contribution >= 0.6 is 23.2 Å². The highest BCUT2D eigenvalue weighted by molar-refractivity contribution is 6.30. The van der Waals surface area contributed by atoms with Crippen LogP contribution < -0.4 is 0 Å². The highest BCUT2D eigenvalue weighted by Crippen LogP contribution is 2.35. The molecule has 1 aliphatic carbocycles. The molecule has 0 bridgehead atoms. The maximum absolute atomic E-state index is 14.0. The molecule has 2 aromatic carbocycles. The van der Waals surface area contributed by atoms with Gasteiger partial charge in [-0.2, -0.15) is 0 Å². The van der Waals surface area contributed by atoms with E-state index in [0.29, 0.717) is 0 Å². The van der Waals surface area contributed by atoms with E-state index in [4.69, 9.17) is 23.2 Å².